The molecule has 0 N–H and O–H groups in total. The van der Waals surface area contributed by atoms with Crippen LogP contribution in [-0.2, 0) is 15.3 Å². The topological polar surface area (TPSA) is 18.5 Å². The van der Waals surface area contributed by atoms with Crippen molar-refractivity contribution in [2.75, 3.05) is 0 Å². The van der Waals surface area contributed by atoms with Gasteiger partial charge in [0.25, 0.3) is 0 Å². The molecule has 0 unspecified atom stereocenters. The zero-order valence-corrected chi connectivity index (χ0v) is 12.3. The molecule has 0 spiro atoms. The molecule has 0 aliphatic heterocycles. The van der Waals surface area contributed by atoms with Gasteiger partial charge in [-0.2, -0.15) is 0 Å². The number of aryl methyl sites for hydroxylation is 1. The summed E-state index contributed by atoms with van der Waals surface area (Å²) in [4.78, 5) is 0. The lowest BCUT2D eigenvalue weighted by Gasteiger charge is -2.20. The Morgan fingerprint density at radius 1 is 0.941 bits per heavy atom. The standard InChI is InChI=1S/C14H23O2Si/c1-12(2)15-17(16-13(3)4)11-10-14-8-6-5-7-9-14/h5-9,12-13H,10-11H2,1-4H3. The van der Waals surface area contributed by atoms with Gasteiger partial charge in [0, 0.05) is 12.2 Å². The molecule has 3 heteroatoms. The Hall–Kier alpha value is -0.643. The monoisotopic (exact) mass is 251 g/mol. The molecule has 1 rings (SSSR count). The van der Waals surface area contributed by atoms with Crippen LogP contribution < -0.4 is 0 Å². The van der Waals surface area contributed by atoms with Crippen molar-refractivity contribution >= 4 is 9.28 Å². The van der Waals surface area contributed by atoms with Crippen molar-refractivity contribution in [3.05, 3.63) is 35.9 Å². The van der Waals surface area contributed by atoms with E-state index >= 15 is 0 Å². The molecular weight excluding hydrogens is 228 g/mol. The molecule has 0 bridgehead atoms. The van der Waals surface area contributed by atoms with E-state index in [2.05, 4.69) is 52.0 Å². The predicted octanol–water partition coefficient (Wildman–Crippen LogP) is 3.57. The second kappa shape index (κ2) is 7.64. The Morgan fingerprint density at radius 3 is 1.94 bits per heavy atom. The second-order valence-electron chi connectivity index (χ2n) is 4.69. The molecule has 1 radical (unpaired) electrons. The highest BCUT2D eigenvalue weighted by Gasteiger charge is 2.18. The van der Waals surface area contributed by atoms with E-state index in [9.17, 15) is 0 Å². The van der Waals surface area contributed by atoms with Crippen LogP contribution in [0.2, 0.25) is 6.04 Å². The zero-order chi connectivity index (χ0) is 12.7. The van der Waals surface area contributed by atoms with Gasteiger partial charge in [-0.05, 0) is 45.7 Å². The Kier molecular flexibility index (Phi) is 6.48. The third kappa shape index (κ3) is 6.61. The third-order valence-electron chi connectivity index (χ3n) is 2.19. The molecule has 17 heavy (non-hydrogen) atoms. The van der Waals surface area contributed by atoms with Crippen LogP contribution in [0.15, 0.2) is 30.3 Å². The van der Waals surface area contributed by atoms with Gasteiger partial charge in [0.15, 0.2) is 0 Å². The molecule has 0 saturated heterocycles. The summed E-state index contributed by atoms with van der Waals surface area (Å²) in [6, 6.07) is 11.5. The number of hydrogen-bond donors (Lipinski definition) is 0. The average molecular weight is 251 g/mol. The Morgan fingerprint density at radius 2 is 1.47 bits per heavy atom. The van der Waals surface area contributed by atoms with Crippen molar-refractivity contribution < 1.29 is 8.85 Å². The molecular formula is C14H23O2Si. The Balaban J connectivity index is 2.43. The molecule has 1 aromatic carbocycles. The fraction of sp³-hybridized carbons (Fsp3) is 0.571. The lowest BCUT2D eigenvalue weighted by molar-refractivity contribution is 0.130. The summed E-state index contributed by atoms with van der Waals surface area (Å²) in [5, 5.41) is 0. The molecule has 0 aromatic heterocycles. The highest BCUT2D eigenvalue weighted by molar-refractivity contribution is 6.44. The average Bonchev–Trinajstić information content (AvgIpc) is 2.26. The van der Waals surface area contributed by atoms with Gasteiger partial charge >= 0.3 is 9.28 Å². The largest absolute Gasteiger partial charge is 0.391 e. The van der Waals surface area contributed by atoms with E-state index in [4.69, 9.17) is 8.85 Å². The molecule has 1 aromatic rings. The summed E-state index contributed by atoms with van der Waals surface area (Å²) in [7, 11) is -1.14. The fourth-order valence-electron chi connectivity index (χ4n) is 1.56. The first kappa shape index (κ1) is 14.4. The molecule has 0 saturated carbocycles. The maximum Gasteiger partial charge on any atom is 0.385 e. The normalized spacial score (nSPS) is 11.7. The smallest absolute Gasteiger partial charge is 0.385 e. The van der Waals surface area contributed by atoms with Gasteiger partial charge in [-0.15, -0.1) is 0 Å². The van der Waals surface area contributed by atoms with Gasteiger partial charge in [-0.3, -0.25) is 0 Å². The van der Waals surface area contributed by atoms with Crippen molar-refractivity contribution in [1.29, 1.82) is 0 Å². The highest BCUT2D eigenvalue weighted by atomic mass is 28.3. The summed E-state index contributed by atoms with van der Waals surface area (Å²) in [6.07, 6.45) is 1.53. The van der Waals surface area contributed by atoms with E-state index in [-0.39, 0.29) is 12.2 Å². The van der Waals surface area contributed by atoms with E-state index < -0.39 is 9.28 Å². The van der Waals surface area contributed by atoms with Crippen LogP contribution in [-0.4, -0.2) is 21.5 Å². The van der Waals surface area contributed by atoms with E-state index in [1.165, 1.54) is 5.56 Å². The number of benzene rings is 1. The fourth-order valence-corrected chi connectivity index (χ4v) is 3.40. The first-order chi connectivity index (χ1) is 8.08. The summed E-state index contributed by atoms with van der Waals surface area (Å²) in [5.74, 6) is 0. The third-order valence-corrected chi connectivity index (χ3v) is 4.32. The summed E-state index contributed by atoms with van der Waals surface area (Å²) < 4.78 is 11.7. The summed E-state index contributed by atoms with van der Waals surface area (Å²) in [6.45, 7) is 8.27. The first-order valence-corrected chi connectivity index (χ1v) is 7.83. The minimum Gasteiger partial charge on any atom is -0.391 e. The minimum absolute atomic E-state index is 0.249. The van der Waals surface area contributed by atoms with Crippen molar-refractivity contribution in [2.45, 2.75) is 52.4 Å². The SMILES string of the molecule is CC(C)O[Si](CCc1ccccc1)OC(C)C. The molecule has 0 heterocycles. The summed E-state index contributed by atoms with van der Waals surface area (Å²) >= 11 is 0. The minimum atomic E-state index is -1.14. The van der Waals surface area contributed by atoms with Gasteiger partial charge in [0.1, 0.15) is 0 Å². The molecule has 0 amide bonds. The highest BCUT2D eigenvalue weighted by Crippen LogP contribution is 2.10. The van der Waals surface area contributed by atoms with E-state index in [1.807, 2.05) is 6.07 Å². The van der Waals surface area contributed by atoms with Gasteiger partial charge in [0.2, 0.25) is 0 Å². The van der Waals surface area contributed by atoms with Crippen LogP contribution >= 0.6 is 0 Å². The van der Waals surface area contributed by atoms with Gasteiger partial charge in [0.05, 0.1) is 0 Å². The van der Waals surface area contributed by atoms with E-state index in [1.54, 1.807) is 0 Å². The van der Waals surface area contributed by atoms with Gasteiger partial charge < -0.3 is 8.85 Å². The molecule has 0 atom stereocenters. The quantitative estimate of drug-likeness (QED) is 0.690. The molecule has 0 aliphatic rings. The lowest BCUT2D eigenvalue weighted by atomic mass is 10.2. The van der Waals surface area contributed by atoms with Crippen molar-refractivity contribution in [3.63, 3.8) is 0 Å². The van der Waals surface area contributed by atoms with Crippen LogP contribution in [0.3, 0.4) is 0 Å². The maximum absolute atomic E-state index is 5.86. The zero-order valence-electron chi connectivity index (χ0n) is 11.3. The van der Waals surface area contributed by atoms with Gasteiger partial charge in [-0.1, -0.05) is 30.3 Å². The molecule has 0 aliphatic carbocycles. The second-order valence-corrected chi connectivity index (χ2v) is 6.41. The van der Waals surface area contributed by atoms with Crippen LogP contribution in [0.4, 0.5) is 0 Å². The maximum atomic E-state index is 5.86. The number of hydrogen-bond acceptors (Lipinski definition) is 2. The van der Waals surface area contributed by atoms with E-state index in [0.29, 0.717) is 0 Å². The predicted molar refractivity (Wildman–Crippen MR) is 73.1 cm³/mol. The van der Waals surface area contributed by atoms with Crippen molar-refractivity contribution in [3.8, 4) is 0 Å². The van der Waals surface area contributed by atoms with Crippen LogP contribution in [0.1, 0.15) is 33.3 Å². The van der Waals surface area contributed by atoms with E-state index in [0.717, 1.165) is 12.5 Å². The van der Waals surface area contributed by atoms with Crippen molar-refractivity contribution in [2.24, 2.45) is 0 Å². The number of rotatable bonds is 7. The van der Waals surface area contributed by atoms with Crippen LogP contribution in [0.5, 0.6) is 0 Å². The Labute approximate surface area is 107 Å². The molecule has 0 fully saturated rings. The van der Waals surface area contributed by atoms with Crippen LogP contribution in [0, 0.1) is 0 Å². The first-order valence-electron chi connectivity index (χ1n) is 6.31. The molecule has 2 nitrogen and oxygen atoms in total. The van der Waals surface area contributed by atoms with Crippen molar-refractivity contribution in [1.82, 2.24) is 0 Å². The van der Waals surface area contributed by atoms with Crippen LogP contribution in [0.25, 0.3) is 0 Å². The van der Waals surface area contributed by atoms with Gasteiger partial charge in [-0.25, -0.2) is 0 Å². The lowest BCUT2D eigenvalue weighted by Crippen LogP contribution is -2.29. The summed E-state index contributed by atoms with van der Waals surface area (Å²) in [5.41, 5.74) is 1.36. The molecule has 95 valence electrons. The Bertz CT molecular complexity index is 288.